The molecule has 3 N–H and O–H groups in total. The highest BCUT2D eigenvalue weighted by atomic mass is 14.9. The van der Waals surface area contributed by atoms with E-state index < -0.39 is 0 Å². The molecule has 0 spiro atoms. The average Bonchev–Trinajstić information content (AvgIpc) is 2.83. The van der Waals surface area contributed by atoms with Crippen molar-refractivity contribution in [3.05, 3.63) is 29.1 Å². The van der Waals surface area contributed by atoms with Gasteiger partial charge in [0.15, 0.2) is 0 Å². The lowest BCUT2D eigenvalue weighted by atomic mass is 9.82. The van der Waals surface area contributed by atoms with Gasteiger partial charge in [-0.3, -0.25) is 0 Å². The molecule has 0 saturated heterocycles. The van der Waals surface area contributed by atoms with Crippen LogP contribution in [-0.4, -0.2) is 16.5 Å². The van der Waals surface area contributed by atoms with Crippen molar-refractivity contribution in [2.45, 2.75) is 45.4 Å². The molecule has 1 aliphatic carbocycles. The molecule has 3 nitrogen and oxygen atoms in total. The molecule has 0 aliphatic heterocycles. The summed E-state index contributed by atoms with van der Waals surface area (Å²) in [6.45, 7) is 5.12. The standard InChI is InChI=1S/C16H23N3/c1-10-7-11(2)15-14(8-10)18-16(19-15)13-5-3-12(9-17)4-6-13/h7-8,12-13H,3-6,9,17H2,1-2H3,(H,18,19). The third kappa shape index (κ3) is 2.39. The summed E-state index contributed by atoms with van der Waals surface area (Å²) in [5.74, 6) is 2.50. The van der Waals surface area contributed by atoms with Crippen molar-refractivity contribution in [2.75, 3.05) is 6.54 Å². The minimum atomic E-state index is 0.593. The number of aromatic nitrogens is 2. The van der Waals surface area contributed by atoms with E-state index in [1.807, 2.05) is 0 Å². The number of nitrogens with zero attached hydrogens (tertiary/aromatic N) is 1. The molecule has 1 saturated carbocycles. The van der Waals surface area contributed by atoms with Crippen molar-refractivity contribution < 1.29 is 0 Å². The van der Waals surface area contributed by atoms with Gasteiger partial charge in [-0.2, -0.15) is 0 Å². The average molecular weight is 257 g/mol. The topological polar surface area (TPSA) is 54.7 Å². The van der Waals surface area contributed by atoms with Crippen LogP contribution in [0.25, 0.3) is 11.0 Å². The van der Waals surface area contributed by atoms with Gasteiger partial charge in [-0.15, -0.1) is 0 Å². The second kappa shape index (κ2) is 4.97. The molecule has 1 heterocycles. The number of aromatic amines is 1. The second-order valence-electron chi connectivity index (χ2n) is 6.05. The summed E-state index contributed by atoms with van der Waals surface area (Å²) in [6.07, 6.45) is 4.94. The van der Waals surface area contributed by atoms with Crippen LogP contribution in [0.4, 0.5) is 0 Å². The van der Waals surface area contributed by atoms with E-state index in [4.69, 9.17) is 10.7 Å². The molecular weight excluding hydrogens is 234 g/mol. The number of hydrogen-bond acceptors (Lipinski definition) is 2. The number of nitrogens with two attached hydrogens (primary N) is 1. The van der Waals surface area contributed by atoms with E-state index in [-0.39, 0.29) is 0 Å². The monoisotopic (exact) mass is 257 g/mol. The number of aryl methyl sites for hydroxylation is 2. The van der Waals surface area contributed by atoms with Gasteiger partial charge < -0.3 is 10.7 Å². The normalized spacial score (nSPS) is 23.9. The number of H-pyrrole nitrogens is 1. The van der Waals surface area contributed by atoms with E-state index in [1.165, 1.54) is 48.2 Å². The molecular formula is C16H23N3. The van der Waals surface area contributed by atoms with Crippen molar-refractivity contribution in [3.8, 4) is 0 Å². The van der Waals surface area contributed by atoms with Crippen LogP contribution in [0.5, 0.6) is 0 Å². The van der Waals surface area contributed by atoms with E-state index in [9.17, 15) is 0 Å². The Morgan fingerprint density at radius 2 is 1.95 bits per heavy atom. The Morgan fingerprint density at radius 3 is 2.63 bits per heavy atom. The van der Waals surface area contributed by atoms with Gasteiger partial charge in [-0.25, -0.2) is 4.98 Å². The first kappa shape index (κ1) is 12.7. The van der Waals surface area contributed by atoms with Gasteiger partial charge >= 0.3 is 0 Å². The van der Waals surface area contributed by atoms with Gasteiger partial charge in [0.05, 0.1) is 11.0 Å². The fourth-order valence-corrected chi connectivity index (χ4v) is 3.35. The molecule has 0 radical (unpaired) electrons. The van der Waals surface area contributed by atoms with Crippen molar-refractivity contribution in [1.29, 1.82) is 0 Å². The Morgan fingerprint density at radius 1 is 1.21 bits per heavy atom. The third-order valence-electron chi connectivity index (χ3n) is 4.51. The molecule has 0 atom stereocenters. The molecule has 19 heavy (non-hydrogen) atoms. The predicted octanol–water partition coefficient (Wildman–Crippen LogP) is 3.41. The zero-order chi connectivity index (χ0) is 13.4. The molecule has 1 aromatic heterocycles. The quantitative estimate of drug-likeness (QED) is 0.866. The number of rotatable bonds is 2. The summed E-state index contributed by atoms with van der Waals surface area (Å²) < 4.78 is 0. The Labute approximate surface area is 114 Å². The van der Waals surface area contributed by atoms with Crippen LogP contribution < -0.4 is 5.73 Å². The third-order valence-corrected chi connectivity index (χ3v) is 4.51. The summed E-state index contributed by atoms with van der Waals surface area (Å²) in [7, 11) is 0. The van der Waals surface area contributed by atoms with Crippen LogP contribution in [0.1, 0.15) is 48.6 Å². The smallest absolute Gasteiger partial charge is 0.110 e. The summed E-state index contributed by atoms with van der Waals surface area (Å²) in [6, 6.07) is 4.41. The summed E-state index contributed by atoms with van der Waals surface area (Å²) in [5.41, 5.74) is 10.7. The molecule has 2 aromatic rings. The van der Waals surface area contributed by atoms with Crippen LogP contribution >= 0.6 is 0 Å². The zero-order valence-corrected chi connectivity index (χ0v) is 11.9. The van der Waals surface area contributed by atoms with Crippen LogP contribution in [0.15, 0.2) is 12.1 Å². The maximum absolute atomic E-state index is 5.76. The number of fused-ring (bicyclic) bond motifs is 1. The highest BCUT2D eigenvalue weighted by Gasteiger charge is 2.23. The van der Waals surface area contributed by atoms with Crippen LogP contribution in [0.2, 0.25) is 0 Å². The Kier molecular flexibility index (Phi) is 3.31. The van der Waals surface area contributed by atoms with Gasteiger partial charge in [0.25, 0.3) is 0 Å². The highest BCUT2D eigenvalue weighted by Crippen LogP contribution is 2.35. The first-order valence-electron chi connectivity index (χ1n) is 7.34. The van der Waals surface area contributed by atoms with E-state index in [0.717, 1.165) is 18.0 Å². The Hall–Kier alpha value is -1.35. The molecule has 0 amide bonds. The molecule has 1 aliphatic rings. The summed E-state index contributed by atoms with van der Waals surface area (Å²) in [5, 5.41) is 0. The Bertz CT molecular complexity index is 577. The van der Waals surface area contributed by atoms with Gasteiger partial charge in [0.2, 0.25) is 0 Å². The molecule has 3 rings (SSSR count). The number of hydrogen-bond donors (Lipinski definition) is 2. The van der Waals surface area contributed by atoms with E-state index >= 15 is 0 Å². The molecule has 1 aromatic carbocycles. The molecule has 0 unspecified atom stereocenters. The minimum absolute atomic E-state index is 0.593. The summed E-state index contributed by atoms with van der Waals surface area (Å²) >= 11 is 0. The zero-order valence-electron chi connectivity index (χ0n) is 11.9. The van der Waals surface area contributed by atoms with Gasteiger partial charge in [0, 0.05) is 5.92 Å². The van der Waals surface area contributed by atoms with Gasteiger partial charge in [-0.05, 0) is 69.2 Å². The van der Waals surface area contributed by atoms with Crippen LogP contribution in [0, 0.1) is 19.8 Å². The maximum Gasteiger partial charge on any atom is 0.110 e. The first-order valence-corrected chi connectivity index (χ1v) is 7.34. The van der Waals surface area contributed by atoms with Crippen molar-refractivity contribution >= 4 is 11.0 Å². The maximum atomic E-state index is 5.76. The van der Waals surface area contributed by atoms with Gasteiger partial charge in [0.1, 0.15) is 5.82 Å². The minimum Gasteiger partial charge on any atom is -0.342 e. The van der Waals surface area contributed by atoms with Crippen molar-refractivity contribution in [2.24, 2.45) is 11.7 Å². The predicted molar refractivity (Wildman–Crippen MR) is 79.3 cm³/mol. The van der Waals surface area contributed by atoms with Crippen molar-refractivity contribution in [3.63, 3.8) is 0 Å². The SMILES string of the molecule is Cc1cc(C)c2nc(C3CCC(CN)CC3)[nH]c2c1. The molecule has 3 heteroatoms. The number of imidazole rings is 1. The molecule has 102 valence electrons. The lowest BCUT2D eigenvalue weighted by Crippen LogP contribution is -2.21. The largest absolute Gasteiger partial charge is 0.342 e. The van der Waals surface area contributed by atoms with E-state index in [2.05, 4.69) is 31.0 Å². The molecule has 1 fully saturated rings. The van der Waals surface area contributed by atoms with Crippen LogP contribution in [0.3, 0.4) is 0 Å². The Balaban J connectivity index is 1.88. The fourth-order valence-electron chi connectivity index (χ4n) is 3.35. The van der Waals surface area contributed by atoms with Gasteiger partial charge in [-0.1, -0.05) is 6.07 Å². The highest BCUT2D eigenvalue weighted by molar-refractivity contribution is 5.79. The number of benzene rings is 1. The summed E-state index contributed by atoms with van der Waals surface area (Å²) in [4.78, 5) is 8.38. The molecule has 0 bridgehead atoms. The lowest BCUT2D eigenvalue weighted by molar-refractivity contribution is 0.326. The van der Waals surface area contributed by atoms with Crippen LogP contribution in [-0.2, 0) is 0 Å². The lowest BCUT2D eigenvalue weighted by Gasteiger charge is -2.26. The fraction of sp³-hybridized carbons (Fsp3) is 0.562. The van der Waals surface area contributed by atoms with E-state index in [1.54, 1.807) is 0 Å². The van der Waals surface area contributed by atoms with Crippen molar-refractivity contribution in [1.82, 2.24) is 9.97 Å². The van der Waals surface area contributed by atoms with E-state index in [0.29, 0.717) is 5.92 Å². The number of nitrogens with one attached hydrogen (secondary N) is 1. The first-order chi connectivity index (χ1) is 9.17. The second-order valence-corrected chi connectivity index (χ2v) is 6.05.